The third kappa shape index (κ3) is 10.2. The van der Waals surface area contributed by atoms with Crippen molar-refractivity contribution in [2.75, 3.05) is 6.61 Å². The number of oxime groups is 4. The fourth-order valence-corrected chi connectivity index (χ4v) is 38.0. The Hall–Kier alpha value is -5.84. The van der Waals surface area contributed by atoms with Crippen LogP contribution in [0.5, 0.6) is 0 Å². The summed E-state index contributed by atoms with van der Waals surface area (Å²) in [4.78, 5) is 49.1. The number of esters is 4. The molecule has 4 spiro atoms. The van der Waals surface area contributed by atoms with Crippen molar-refractivity contribution in [3.8, 4) is 0 Å². The summed E-state index contributed by atoms with van der Waals surface area (Å²) in [6.07, 6.45) is 51.9. The zero-order valence-corrected chi connectivity index (χ0v) is 69.8. The van der Waals surface area contributed by atoms with Gasteiger partial charge in [-0.1, -0.05) is 83.3 Å². The lowest BCUT2D eigenvalue weighted by Crippen LogP contribution is -2.58. The van der Waals surface area contributed by atoms with E-state index in [0.717, 1.165) is 191 Å². The topological polar surface area (TPSA) is 256 Å². The molecule has 17 nitrogen and oxygen atoms in total. The lowest BCUT2D eigenvalue weighted by molar-refractivity contribution is -0.183. The summed E-state index contributed by atoms with van der Waals surface area (Å²) < 4.78 is 25.2. The summed E-state index contributed by atoms with van der Waals surface area (Å²) in [5, 5.41) is 61.5. The van der Waals surface area contributed by atoms with Crippen LogP contribution in [0, 0.1) is 187 Å². The van der Waals surface area contributed by atoms with Crippen LogP contribution in [0.3, 0.4) is 0 Å². The molecule has 5 N–H and O–H groups in total. The fourth-order valence-electron chi connectivity index (χ4n) is 38.0. The van der Waals surface area contributed by atoms with Gasteiger partial charge >= 0.3 is 23.9 Å². The molecule has 23 unspecified atom stereocenters. The van der Waals surface area contributed by atoms with Crippen molar-refractivity contribution >= 4 is 46.7 Å². The number of ether oxygens (including phenoxy) is 4. The maximum absolute atomic E-state index is 12.4. The number of aliphatic hydroxyl groups excluding tert-OH is 1. The lowest BCUT2D eigenvalue weighted by Gasteiger charge is -2.60. The van der Waals surface area contributed by atoms with Gasteiger partial charge in [-0.05, 0) is 384 Å². The molecule has 25 aliphatic rings. The third-order valence-corrected chi connectivity index (χ3v) is 41.7. The molecular formula is C99H132N4O13. The van der Waals surface area contributed by atoms with Crippen molar-refractivity contribution in [2.45, 2.75) is 294 Å². The van der Waals surface area contributed by atoms with Gasteiger partial charge in [-0.2, -0.15) is 0 Å². The standard InChI is InChI=1S/C26H35NO3.C25H33NO3.C24H33NO4.C24H31NO3/c1-2-25-9-7-18-17-6-5-16(27-29)11-15(17)12-19(14-3-4-14)23(18)24(25)20-13-21(20)26(25)10-8-22(28)30-26;1-3-14-11-15-12-16(26-28)5-6-17(15)18-7-9-24(4-2)23(22(14)18)19-13-20(19)25(24)10-8-21(27)29-25;1-2-23-7-5-16-15-4-3-14(25-28)10-17(15)13(12-26)9-18(16)22(23)19-11-20(19)24(23)8-6-21(27)29-24;1-3-23-8-6-16-15-5-4-14(25-27)11-17(15)13(2)10-18(16)22(23)19-12-20(19)24(23)9-7-21(26)28-24/h11,14,17-21,23-24,29H,2-10,12-13H2,1H3;3,12,14,17-20,22-23,28H,1,4-11,13H2,2H3;10,13,15-16,18-20,22,26,28H,2-9,11-12H2,1H3;11,15-16,18-20,22,27H,2-10,12H2,1H3/b27-16+;26-16+;2*25-14+/t17-,18?,19?,20?,21?,23?,24?,25-,26-;14?,17-,18?,19?,20?,22?,23?,24-,25-;13?,15-,16?,18?,19?,20?,22?,23+,24+;15-,16?,18?,19?,20?,22?,23+,24+/m0011/s1. The summed E-state index contributed by atoms with van der Waals surface area (Å²) >= 11 is 0. The van der Waals surface area contributed by atoms with E-state index in [1.165, 1.54) is 131 Å². The second-order valence-corrected chi connectivity index (χ2v) is 43.8. The van der Waals surface area contributed by atoms with Gasteiger partial charge in [-0.15, -0.1) is 6.58 Å². The number of hydrogen-bond acceptors (Lipinski definition) is 17. The van der Waals surface area contributed by atoms with Crippen LogP contribution in [0.4, 0.5) is 0 Å². The van der Waals surface area contributed by atoms with E-state index in [9.17, 15) is 45.1 Å². The zero-order chi connectivity index (χ0) is 79.4. The maximum Gasteiger partial charge on any atom is 0.306 e. The Bertz CT molecular complexity index is 4410. The van der Waals surface area contributed by atoms with E-state index in [0.29, 0.717) is 126 Å². The molecule has 35 atom stereocenters. The molecule has 17 heteroatoms. The molecule has 0 aromatic carbocycles. The van der Waals surface area contributed by atoms with Crippen molar-refractivity contribution in [1.29, 1.82) is 0 Å². The van der Waals surface area contributed by atoms with Crippen LogP contribution in [0.25, 0.3) is 0 Å². The van der Waals surface area contributed by atoms with Crippen LogP contribution in [-0.4, -0.2) is 102 Å². The third-order valence-electron chi connectivity index (χ3n) is 41.7. The molecule has 21 fully saturated rings. The van der Waals surface area contributed by atoms with Crippen molar-refractivity contribution in [3.05, 3.63) is 71.4 Å². The Morgan fingerprint density at radius 2 is 0.784 bits per heavy atom. The summed E-state index contributed by atoms with van der Waals surface area (Å²) in [5.41, 5.74) is 10.5. The van der Waals surface area contributed by atoms with E-state index in [1.807, 2.05) is 0 Å². The van der Waals surface area contributed by atoms with E-state index in [-0.39, 0.29) is 80.5 Å². The van der Waals surface area contributed by atoms with Gasteiger partial charge in [0.05, 0.1) is 22.8 Å². The number of carbonyl (C=O) groups excluding carboxylic acids is 4. The Morgan fingerprint density at radius 3 is 1.22 bits per heavy atom. The monoisotopic (exact) mass is 1580 g/mol. The van der Waals surface area contributed by atoms with E-state index in [2.05, 4.69) is 91.9 Å². The molecule has 0 radical (unpaired) electrons. The minimum atomic E-state index is -0.187. The average Bonchev–Trinajstić information content (AvgIpc) is 1.50. The van der Waals surface area contributed by atoms with Gasteiger partial charge in [0.25, 0.3) is 0 Å². The number of rotatable bonds is 7. The molecule has 0 amide bonds. The number of fused-ring (bicyclic) bond motifs is 36. The molecule has 0 aromatic heterocycles. The first-order chi connectivity index (χ1) is 56.3. The van der Waals surface area contributed by atoms with Crippen molar-refractivity contribution < 1.29 is 64.1 Å². The molecule has 116 heavy (non-hydrogen) atoms. The highest BCUT2D eigenvalue weighted by molar-refractivity contribution is 5.98. The Kier molecular flexibility index (Phi) is 17.8. The summed E-state index contributed by atoms with van der Waals surface area (Å²) in [7, 11) is 0. The Morgan fingerprint density at radius 1 is 0.397 bits per heavy atom. The molecule has 4 saturated heterocycles. The van der Waals surface area contributed by atoms with Crippen LogP contribution in [0.2, 0.25) is 0 Å². The van der Waals surface area contributed by atoms with E-state index in [4.69, 9.17) is 18.9 Å². The summed E-state index contributed by atoms with van der Waals surface area (Å²) in [6.45, 7) is 18.3. The van der Waals surface area contributed by atoms with Crippen LogP contribution in [0.1, 0.15) is 272 Å². The fraction of sp³-hybridized carbons (Fsp3) is 0.798. The molecule has 25 rings (SSSR count). The highest BCUT2D eigenvalue weighted by Crippen LogP contribution is 2.85. The summed E-state index contributed by atoms with van der Waals surface area (Å²) in [6, 6.07) is 0. The van der Waals surface area contributed by atoms with Gasteiger partial charge in [-0.3, -0.25) is 19.2 Å². The minimum Gasteiger partial charge on any atom is -0.458 e. The van der Waals surface area contributed by atoms with E-state index >= 15 is 0 Å². The van der Waals surface area contributed by atoms with Gasteiger partial charge in [0.15, 0.2) is 0 Å². The lowest BCUT2D eigenvalue weighted by atomic mass is 9.45. The van der Waals surface area contributed by atoms with E-state index in [1.54, 1.807) is 5.57 Å². The molecule has 4 aliphatic heterocycles. The van der Waals surface area contributed by atoms with Crippen molar-refractivity contribution in [3.63, 3.8) is 0 Å². The van der Waals surface area contributed by atoms with Gasteiger partial charge < -0.3 is 44.9 Å². The molecule has 4 heterocycles. The first kappa shape index (κ1) is 76.3. The molecule has 17 saturated carbocycles. The Labute approximate surface area is 687 Å². The largest absolute Gasteiger partial charge is 0.458 e. The first-order valence-electron chi connectivity index (χ1n) is 47.8. The molecular weight excluding hydrogens is 1450 g/mol. The number of aliphatic hydroxyl groups is 1. The molecule has 0 bridgehead atoms. The molecule has 21 aliphatic carbocycles. The van der Waals surface area contributed by atoms with Crippen molar-refractivity contribution in [2.24, 2.45) is 208 Å². The maximum atomic E-state index is 12.4. The van der Waals surface area contributed by atoms with Gasteiger partial charge in [0, 0.05) is 83.5 Å². The summed E-state index contributed by atoms with van der Waals surface area (Å²) in [5.74, 6) is 19.0. The highest BCUT2D eigenvalue weighted by atomic mass is 16.6. The van der Waals surface area contributed by atoms with Crippen LogP contribution >= 0.6 is 0 Å². The molecule has 626 valence electrons. The SMILES string of the molecule is C=C1CC2C(CC[C@@]3(CC)C2C2CC2[C@@]32CCC(=O)O2)[C@H]2CC/C(=N\O)C=C12.C=CC1CC2=C/C(=N/O)CC[C@@H]2C2CC[C@@]3(CC)C(C4CC4[C@@]34CCC(=O)O4)C12.CC[C@]12CCC3C(C(C4CC4)CC4=C/C(=N/O)CC[C@@H]43)C1C1CC1[C@@]21CCC(=O)O1.CC[C@]12CCC3C(CC(CO)C4=C/C(=N/O)CC[C@@H]43)C1C1CC1[C@@]21CCC(=O)O1. The highest BCUT2D eigenvalue weighted by Gasteiger charge is 2.85. The Balaban J connectivity index is 0.0000000938. The number of nitrogens with zero attached hydrogens (tertiary/aromatic N) is 4. The second kappa shape index (κ2) is 27.1. The van der Waals surface area contributed by atoms with Gasteiger partial charge in [-0.25, -0.2) is 0 Å². The normalized spacial score (nSPS) is 53.7. The second-order valence-electron chi connectivity index (χ2n) is 43.8. The zero-order valence-electron chi connectivity index (χ0n) is 69.8. The van der Waals surface area contributed by atoms with Crippen LogP contribution in [-0.2, 0) is 38.1 Å². The molecule has 0 aromatic rings. The number of allylic oxidation sites excluding steroid dienone is 9. The van der Waals surface area contributed by atoms with Crippen LogP contribution < -0.4 is 0 Å². The smallest absolute Gasteiger partial charge is 0.306 e. The van der Waals surface area contributed by atoms with E-state index < -0.39 is 0 Å². The van der Waals surface area contributed by atoms with Crippen molar-refractivity contribution in [1.82, 2.24) is 0 Å². The minimum absolute atomic E-state index is 0.0245. The van der Waals surface area contributed by atoms with Crippen LogP contribution in [0.15, 0.2) is 92.0 Å². The predicted octanol–water partition coefficient (Wildman–Crippen LogP) is 19.3. The predicted molar refractivity (Wildman–Crippen MR) is 437 cm³/mol. The van der Waals surface area contributed by atoms with Gasteiger partial charge in [0.2, 0.25) is 0 Å². The average molecular weight is 1590 g/mol. The van der Waals surface area contributed by atoms with Gasteiger partial charge in [0.1, 0.15) is 22.4 Å². The quantitative estimate of drug-likeness (QED) is 0.0523. The first-order valence-corrected chi connectivity index (χ1v) is 47.8. The number of carbonyl (C=O) groups is 4. The number of hydrogen-bond donors (Lipinski definition) is 5.